The molecule has 20 heavy (non-hydrogen) atoms. The highest BCUT2D eigenvalue weighted by Crippen LogP contribution is 2.47. The predicted octanol–water partition coefficient (Wildman–Crippen LogP) is 2.97. The number of aromatic nitrogens is 1. The average molecular weight is 274 g/mol. The van der Waals surface area contributed by atoms with E-state index in [-0.39, 0.29) is 5.91 Å². The van der Waals surface area contributed by atoms with E-state index in [2.05, 4.69) is 12.1 Å². The van der Waals surface area contributed by atoms with Crippen molar-refractivity contribution < 1.29 is 13.7 Å². The van der Waals surface area contributed by atoms with Gasteiger partial charge in [0.2, 0.25) is 0 Å². The third-order valence-electron chi connectivity index (χ3n) is 3.74. The highest BCUT2D eigenvalue weighted by atomic mass is 16.5. The number of furan rings is 1. The van der Waals surface area contributed by atoms with Crippen molar-refractivity contribution in [2.24, 2.45) is 5.92 Å². The number of nitrogens with zero attached hydrogens (tertiary/aromatic N) is 2. The van der Waals surface area contributed by atoms with Crippen molar-refractivity contribution in [3.63, 3.8) is 0 Å². The van der Waals surface area contributed by atoms with Gasteiger partial charge in [0, 0.05) is 19.0 Å². The molecule has 5 heteroatoms. The molecule has 2 heterocycles. The lowest BCUT2D eigenvalue weighted by Gasteiger charge is -2.13. The van der Waals surface area contributed by atoms with E-state index in [1.807, 2.05) is 12.1 Å². The molecule has 0 aliphatic heterocycles. The van der Waals surface area contributed by atoms with Crippen LogP contribution in [0.15, 0.2) is 27.1 Å². The topological polar surface area (TPSA) is 59.5 Å². The Bertz CT molecular complexity index is 629. The number of hydrogen-bond donors (Lipinski definition) is 0. The van der Waals surface area contributed by atoms with Gasteiger partial charge in [0.15, 0.2) is 5.69 Å². The molecule has 0 radical (unpaired) electrons. The fourth-order valence-corrected chi connectivity index (χ4v) is 2.37. The van der Waals surface area contributed by atoms with Gasteiger partial charge in [0.25, 0.3) is 5.91 Å². The third kappa shape index (κ3) is 2.48. The Kier molecular flexibility index (Phi) is 3.12. The predicted molar refractivity (Wildman–Crippen MR) is 72.3 cm³/mol. The number of rotatable bonds is 4. The van der Waals surface area contributed by atoms with Crippen LogP contribution in [0.3, 0.4) is 0 Å². The van der Waals surface area contributed by atoms with Gasteiger partial charge in [-0.05, 0) is 31.4 Å². The number of hydrogen-bond acceptors (Lipinski definition) is 4. The summed E-state index contributed by atoms with van der Waals surface area (Å²) in [5.74, 6) is 3.57. The van der Waals surface area contributed by atoms with Crippen molar-refractivity contribution in [3.8, 4) is 0 Å². The van der Waals surface area contributed by atoms with Crippen LogP contribution in [0.4, 0.5) is 0 Å². The lowest BCUT2D eigenvalue weighted by Crippen LogP contribution is -2.26. The molecule has 106 valence electrons. The number of carbonyl (C=O) groups is 1. The van der Waals surface area contributed by atoms with Crippen LogP contribution in [0.2, 0.25) is 0 Å². The summed E-state index contributed by atoms with van der Waals surface area (Å²) in [7, 11) is 1.73. The maximum atomic E-state index is 12.1. The third-order valence-corrected chi connectivity index (χ3v) is 3.74. The zero-order chi connectivity index (χ0) is 14.3. The minimum Gasteiger partial charge on any atom is -0.464 e. The van der Waals surface area contributed by atoms with E-state index in [4.69, 9.17) is 8.94 Å². The maximum Gasteiger partial charge on any atom is 0.276 e. The van der Waals surface area contributed by atoms with Crippen molar-refractivity contribution in [2.45, 2.75) is 32.7 Å². The number of amides is 1. The normalized spacial score (nSPS) is 20.9. The van der Waals surface area contributed by atoms with Crippen LogP contribution < -0.4 is 0 Å². The first-order chi connectivity index (χ1) is 9.54. The molecule has 1 aliphatic rings. The van der Waals surface area contributed by atoms with E-state index < -0.39 is 0 Å². The Morgan fingerprint density at radius 2 is 2.25 bits per heavy atom. The first-order valence-electron chi connectivity index (χ1n) is 6.82. The van der Waals surface area contributed by atoms with Crippen LogP contribution in [0.5, 0.6) is 0 Å². The van der Waals surface area contributed by atoms with Crippen molar-refractivity contribution in [1.82, 2.24) is 10.1 Å². The Morgan fingerprint density at radius 3 is 2.85 bits per heavy atom. The molecule has 0 N–H and O–H groups in total. The van der Waals surface area contributed by atoms with Gasteiger partial charge < -0.3 is 13.8 Å². The molecule has 0 saturated heterocycles. The van der Waals surface area contributed by atoms with Crippen molar-refractivity contribution in [2.75, 3.05) is 7.05 Å². The van der Waals surface area contributed by atoms with E-state index in [1.54, 1.807) is 24.9 Å². The lowest BCUT2D eigenvalue weighted by atomic mass is 10.3. The summed E-state index contributed by atoms with van der Waals surface area (Å²) in [5.41, 5.74) is 0.326. The Morgan fingerprint density at radius 1 is 1.50 bits per heavy atom. The van der Waals surface area contributed by atoms with Gasteiger partial charge in [-0.2, -0.15) is 0 Å². The SMILES string of the molecule is Cc1cc(C(=O)N(C)Cc2ccc([C@@H]3C[C@@H]3C)o2)no1. The number of carbonyl (C=O) groups excluding carboxylic acids is 1. The molecular formula is C15H18N2O3. The summed E-state index contributed by atoms with van der Waals surface area (Å²) in [6.45, 7) is 4.42. The first-order valence-corrected chi connectivity index (χ1v) is 6.82. The van der Waals surface area contributed by atoms with Gasteiger partial charge in [-0.15, -0.1) is 0 Å². The number of aryl methyl sites for hydroxylation is 1. The minimum absolute atomic E-state index is 0.167. The molecule has 1 fully saturated rings. The van der Waals surface area contributed by atoms with Crippen molar-refractivity contribution in [1.29, 1.82) is 0 Å². The molecular weight excluding hydrogens is 256 g/mol. The molecule has 1 amide bonds. The summed E-state index contributed by atoms with van der Waals surface area (Å²) in [5, 5.41) is 3.73. The second-order valence-corrected chi connectivity index (χ2v) is 5.61. The van der Waals surface area contributed by atoms with Crippen LogP contribution >= 0.6 is 0 Å². The fourth-order valence-electron chi connectivity index (χ4n) is 2.37. The summed E-state index contributed by atoms with van der Waals surface area (Å²) < 4.78 is 10.7. The van der Waals surface area contributed by atoms with Gasteiger partial charge in [0.05, 0.1) is 6.54 Å². The standard InChI is InChI=1S/C15H18N2O3/c1-9-6-12(9)14-5-4-11(19-14)8-17(3)15(18)13-7-10(2)20-16-13/h4-5,7,9,12H,6,8H2,1-3H3/t9-,12+/m0/s1. The van der Waals surface area contributed by atoms with E-state index in [9.17, 15) is 4.79 Å². The molecule has 0 spiro atoms. The van der Waals surface area contributed by atoms with E-state index >= 15 is 0 Å². The Labute approximate surface area is 117 Å². The van der Waals surface area contributed by atoms with Crippen LogP contribution in [-0.4, -0.2) is 23.0 Å². The zero-order valence-corrected chi connectivity index (χ0v) is 11.9. The molecule has 5 nitrogen and oxygen atoms in total. The quantitative estimate of drug-likeness (QED) is 0.860. The van der Waals surface area contributed by atoms with Crippen LogP contribution in [0.25, 0.3) is 0 Å². The van der Waals surface area contributed by atoms with Gasteiger partial charge >= 0.3 is 0 Å². The van der Waals surface area contributed by atoms with Crippen LogP contribution in [-0.2, 0) is 6.54 Å². The van der Waals surface area contributed by atoms with Crippen LogP contribution in [0, 0.1) is 12.8 Å². The molecule has 2 atom stereocenters. The molecule has 2 aromatic heterocycles. The maximum absolute atomic E-state index is 12.1. The van der Waals surface area contributed by atoms with Gasteiger partial charge in [-0.25, -0.2) is 0 Å². The molecule has 2 aromatic rings. The van der Waals surface area contributed by atoms with Gasteiger partial charge in [0.1, 0.15) is 17.3 Å². The summed E-state index contributed by atoms with van der Waals surface area (Å²) in [6.07, 6.45) is 1.19. The highest BCUT2D eigenvalue weighted by molar-refractivity contribution is 5.91. The highest BCUT2D eigenvalue weighted by Gasteiger charge is 2.36. The summed E-state index contributed by atoms with van der Waals surface area (Å²) >= 11 is 0. The monoisotopic (exact) mass is 274 g/mol. The fraction of sp³-hybridized carbons (Fsp3) is 0.467. The smallest absolute Gasteiger partial charge is 0.276 e. The molecule has 3 rings (SSSR count). The second kappa shape index (κ2) is 4.81. The van der Waals surface area contributed by atoms with Crippen LogP contribution in [0.1, 0.15) is 47.0 Å². The van der Waals surface area contributed by atoms with Crippen molar-refractivity contribution in [3.05, 3.63) is 41.2 Å². The average Bonchev–Trinajstić information content (AvgIpc) is 2.80. The summed E-state index contributed by atoms with van der Waals surface area (Å²) in [4.78, 5) is 13.7. The lowest BCUT2D eigenvalue weighted by molar-refractivity contribution is 0.0764. The largest absolute Gasteiger partial charge is 0.464 e. The second-order valence-electron chi connectivity index (χ2n) is 5.61. The Hall–Kier alpha value is -2.04. The van der Waals surface area contributed by atoms with Crippen molar-refractivity contribution >= 4 is 5.91 Å². The molecule has 0 aromatic carbocycles. The molecule has 1 saturated carbocycles. The van der Waals surface area contributed by atoms with Gasteiger partial charge in [-0.1, -0.05) is 12.1 Å². The van der Waals surface area contributed by atoms with E-state index in [1.165, 1.54) is 6.42 Å². The molecule has 0 bridgehead atoms. The minimum atomic E-state index is -0.167. The van der Waals surface area contributed by atoms with Gasteiger partial charge in [-0.3, -0.25) is 4.79 Å². The summed E-state index contributed by atoms with van der Waals surface area (Å²) in [6, 6.07) is 5.60. The van der Waals surface area contributed by atoms with E-state index in [0.29, 0.717) is 29.8 Å². The Balaban J connectivity index is 1.65. The molecule has 0 unspecified atom stereocenters. The molecule has 1 aliphatic carbocycles. The zero-order valence-electron chi connectivity index (χ0n) is 11.9. The van der Waals surface area contributed by atoms with E-state index in [0.717, 1.165) is 11.5 Å². The first kappa shape index (κ1) is 13.0.